The zero-order chi connectivity index (χ0) is 13.9. The van der Waals surface area contributed by atoms with E-state index in [4.69, 9.17) is 9.47 Å². The first kappa shape index (κ1) is 14.8. The molecule has 19 heavy (non-hydrogen) atoms. The fourth-order valence-electron chi connectivity index (χ4n) is 3.20. The molecule has 0 aromatic rings. The summed E-state index contributed by atoms with van der Waals surface area (Å²) < 4.78 is 10.7. The molecule has 1 heterocycles. The maximum atomic E-state index is 11.7. The number of hydrogen-bond acceptors (Lipinski definition) is 4. The van der Waals surface area contributed by atoms with Crippen LogP contribution in [0.4, 0.5) is 0 Å². The highest BCUT2D eigenvalue weighted by Gasteiger charge is 2.49. The Morgan fingerprint density at radius 3 is 2.79 bits per heavy atom. The monoisotopic (exact) mass is 271 g/mol. The van der Waals surface area contributed by atoms with Crippen molar-refractivity contribution in [3.8, 4) is 0 Å². The van der Waals surface area contributed by atoms with Crippen molar-refractivity contribution in [2.75, 3.05) is 19.8 Å². The van der Waals surface area contributed by atoms with Gasteiger partial charge < -0.3 is 14.6 Å². The first-order valence-corrected chi connectivity index (χ1v) is 7.25. The molecule has 0 bridgehead atoms. The van der Waals surface area contributed by atoms with Gasteiger partial charge in [0.2, 0.25) is 0 Å². The first-order chi connectivity index (χ1) is 9.04. The number of nitrogens with one attached hydrogen (secondary N) is 1. The summed E-state index contributed by atoms with van der Waals surface area (Å²) >= 11 is 0. The Kier molecular flexibility index (Phi) is 4.81. The van der Waals surface area contributed by atoms with Crippen LogP contribution in [0.25, 0.3) is 0 Å². The highest BCUT2D eigenvalue weighted by Crippen LogP contribution is 2.38. The van der Waals surface area contributed by atoms with Crippen LogP contribution in [-0.2, 0) is 14.3 Å². The molecule has 1 saturated heterocycles. The minimum Gasteiger partial charge on any atom is -0.480 e. The largest absolute Gasteiger partial charge is 0.480 e. The first-order valence-electron chi connectivity index (χ1n) is 7.25. The van der Waals surface area contributed by atoms with Gasteiger partial charge in [-0.2, -0.15) is 0 Å². The Morgan fingerprint density at radius 2 is 2.26 bits per heavy atom. The van der Waals surface area contributed by atoms with E-state index in [1.54, 1.807) is 0 Å². The quantitative estimate of drug-likeness (QED) is 0.733. The topological polar surface area (TPSA) is 67.8 Å². The van der Waals surface area contributed by atoms with Crippen molar-refractivity contribution in [3.63, 3.8) is 0 Å². The van der Waals surface area contributed by atoms with Crippen molar-refractivity contribution in [1.82, 2.24) is 5.32 Å². The number of carbonyl (C=O) groups is 1. The molecule has 1 aliphatic carbocycles. The lowest BCUT2D eigenvalue weighted by Crippen LogP contribution is -2.57. The predicted octanol–water partition coefficient (Wildman–Crippen LogP) is 1.41. The third-order valence-corrected chi connectivity index (χ3v) is 4.18. The van der Waals surface area contributed by atoms with E-state index >= 15 is 0 Å². The molecule has 110 valence electrons. The van der Waals surface area contributed by atoms with Crippen molar-refractivity contribution in [1.29, 1.82) is 0 Å². The molecule has 2 aliphatic rings. The molecule has 0 aromatic carbocycles. The van der Waals surface area contributed by atoms with E-state index in [9.17, 15) is 9.90 Å². The minimum atomic E-state index is -0.756. The molecule has 1 saturated carbocycles. The Balaban J connectivity index is 1.89. The number of aliphatic carboxylic acids is 1. The SMILES string of the molecule is CC(C)NC1(C(=O)O)CCCC1CCOC1COC1. The zero-order valence-electron chi connectivity index (χ0n) is 11.9. The lowest BCUT2D eigenvalue weighted by molar-refractivity contribution is -0.149. The highest BCUT2D eigenvalue weighted by atomic mass is 16.6. The molecule has 0 amide bonds. The molecule has 2 unspecified atom stereocenters. The average molecular weight is 271 g/mol. The summed E-state index contributed by atoms with van der Waals surface area (Å²) in [7, 11) is 0. The van der Waals surface area contributed by atoms with Gasteiger partial charge in [0.1, 0.15) is 11.6 Å². The molecule has 0 spiro atoms. The lowest BCUT2D eigenvalue weighted by atomic mass is 9.84. The predicted molar refractivity (Wildman–Crippen MR) is 71.2 cm³/mol. The zero-order valence-corrected chi connectivity index (χ0v) is 11.9. The van der Waals surface area contributed by atoms with Gasteiger partial charge in [-0.25, -0.2) is 0 Å². The summed E-state index contributed by atoms with van der Waals surface area (Å²) in [6, 6.07) is 0.178. The maximum Gasteiger partial charge on any atom is 0.324 e. The van der Waals surface area contributed by atoms with Gasteiger partial charge in [-0.3, -0.25) is 10.1 Å². The maximum absolute atomic E-state index is 11.7. The Morgan fingerprint density at radius 1 is 1.53 bits per heavy atom. The van der Waals surface area contributed by atoms with E-state index in [1.807, 2.05) is 13.8 Å². The lowest BCUT2D eigenvalue weighted by Gasteiger charge is -2.35. The third-order valence-electron chi connectivity index (χ3n) is 4.18. The highest BCUT2D eigenvalue weighted by molar-refractivity contribution is 5.79. The molecule has 2 atom stereocenters. The molecule has 2 N–H and O–H groups in total. The number of carboxylic acid groups (broad SMARTS) is 1. The molecule has 5 nitrogen and oxygen atoms in total. The van der Waals surface area contributed by atoms with E-state index in [1.165, 1.54) is 0 Å². The summed E-state index contributed by atoms with van der Waals surface area (Å²) in [5.74, 6) is -0.552. The van der Waals surface area contributed by atoms with Crippen LogP contribution in [0.3, 0.4) is 0 Å². The van der Waals surface area contributed by atoms with Crippen LogP contribution in [-0.4, -0.2) is 48.6 Å². The van der Waals surface area contributed by atoms with Gasteiger partial charge in [0.15, 0.2) is 0 Å². The Hall–Kier alpha value is -0.650. The summed E-state index contributed by atoms with van der Waals surface area (Å²) in [6.45, 7) is 6.00. The number of hydrogen-bond donors (Lipinski definition) is 2. The van der Waals surface area contributed by atoms with Gasteiger partial charge in [0, 0.05) is 12.6 Å². The Bertz CT molecular complexity index is 317. The normalized spacial score (nSPS) is 31.6. The van der Waals surface area contributed by atoms with E-state index < -0.39 is 11.5 Å². The van der Waals surface area contributed by atoms with Crippen molar-refractivity contribution in [2.45, 2.75) is 57.2 Å². The second-order valence-corrected chi connectivity index (χ2v) is 5.98. The molecule has 2 rings (SSSR count). The molecular weight excluding hydrogens is 246 g/mol. The van der Waals surface area contributed by atoms with Gasteiger partial charge in [-0.15, -0.1) is 0 Å². The van der Waals surface area contributed by atoms with Crippen LogP contribution in [0, 0.1) is 5.92 Å². The van der Waals surface area contributed by atoms with Crippen molar-refractivity contribution in [2.24, 2.45) is 5.92 Å². The van der Waals surface area contributed by atoms with Gasteiger partial charge >= 0.3 is 5.97 Å². The van der Waals surface area contributed by atoms with Crippen LogP contribution in [0.2, 0.25) is 0 Å². The average Bonchev–Trinajstić information content (AvgIpc) is 2.65. The van der Waals surface area contributed by atoms with Gasteiger partial charge in [0.05, 0.1) is 13.2 Å². The van der Waals surface area contributed by atoms with Crippen LogP contribution in [0.15, 0.2) is 0 Å². The van der Waals surface area contributed by atoms with E-state index in [2.05, 4.69) is 5.32 Å². The van der Waals surface area contributed by atoms with Gasteiger partial charge in [-0.1, -0.05) is 6.42 Å². The van der Waals surface area contributed by atoms with E-state index in [0.717, 1.165) is 25.7 Å². The van der Waals surface area contributed by atoms with Crippen molar-refractivity contribution >= 4 is 5.97 Å². The van der Waals surface area contributed by atoms with Crippen LogP contribution in [0.5, 0.6) is 0 Å². The number of ether oxygens (including phenoxy) is 2. The van der Waals surface area contributed by atoms with Crippen LogP contribution >= 0.6 is 0 Å². The summed E-state index contributed by atoms with van der Waals surface area (Å²) in [5.41, 5.74) is -0.756. The van der Waals surface area contributed by atoms with Crippen molar-refractivity contribution in [3.05, 3.63) is 0 Å². The fraction of sp³-hybridized carbons (Fsp3) is 0.929. The Labute approximate surface area is 114 Å². The second kappa shape index (κ2) is 6.20. The molecule has 0 aromatic heterocycles. The molecule has 1 aliphatic heterocycles. The van der Waals surface area contributed by atoms with Crippen LogP contribution < -0.4 is 5.32 Å². The minimum absolute atomic E-state index is 0.161. The molecule has 0 radical (unpaired) electrons. The van der Waals surface area contributed by atoms with Crippen molar-refractivity contribution < 1.29 is 19.4 Å². The number of rotatable bonds is 7. The number of carboxylic acids is 1. The molecular formula is C14H25NO4. The second-order valence-electron chi connectivity index (χ2n) is 5.98. The van der Waals surface area contributed by atoms with E-state index in [-0.39, 0.29) is 18.1 Å². The van der Waals surface area contributed by atoms with Crippen LogP contribution in [0.1, 0.15) is 39.5 Å². The molecule has 5 heteroatoms. The summed E-state index contributed by atoms with van der Waals surface area (Å²) in [5, 5.41) is 12.9. The standard InChI is InChI=1S/C14H25NO4/c1-10(2)15-14(13(16)17)6-3-4-11(14)5-7-19-12-8-18-9-12/h10-12,15H,3-9H2,1-2H3,(H,16,17). The van der Waals surface area contributed by atoms with E-state index in [0.29, 0.717) is 19.8 Å². The third kappa shape index (κ3) is 3.27. The smallest absolute Gasteiger partial charge is 0.324 e. The van der Waals surface area contributed by atoms with Gasteiger partial charge in [-0.05, 0) is 39.0 Å². The summed E-state index contributed by atoms with van der Waals surface area (Å²) in [6.07, 6.45) is 3.69. The summed E-state index contributed by atoms with van der Waals surface area (Å²) in [4.78, 5) is 11.7. The van der Waals surface area contributed by atoms with Gasteiger partial charge in [0.25, 0.3) is 0 Å². The molecule has 2 fully saturated rings. The fourth-order valence-corrected chi connectivity index (χ4v) is 3.20.